The molecule has 2 unspecified atom stereocenters. The summed E-state index contributed by atoms with van der Waals surface area (Å²) in [5.41, 5.74) is 4.34. The van der Waals surface area contributed by atoms with Crippen molar-refractivity contribution in [2.75, 3.05) is 19.1 Å². The summed E-state index contributed by atoms with van der Waals surface area (Å²) in [7, 11) is 3.31. The standard InChI is InChI=1S/C22H23N3O2/c1-14(17-7-5-9-19-18(17)8-6-10-23-19)25-15(2)24-13-16-11-21(26-3)22(27-4)12-20(16)25/h5-15H,1-4H3. The minimum Gasteiger partial charge on any atom is -0.493 e. The summed E-state index contributed by atoms with van der Waals surface area (Å²) < 4.78 is 11.0. The summed E-state index contributed by atoms with van der Waals surface area (Å²) in [6.45, 7) is 4.32. The fourth-order valence-electron chi connectivity index (χ4n) is 3.85. The van der Waals surface area contributed by atoms with Crippen LogP contribution in [-0.4, -0.2) is 31.6 Å². The van der Waals surface area contributed by atoms with Gasteiger partial charge in [0.1, 0.15) is 6.17 Å². The minimum absolute atomic E-state index is 0.0116. The van der Waals surface area contributed by atoms with Gasteiger partial charge in [0.15, 0.2) is 11.5 Å². The Bertz CT molecular complexity index is 1010. The van der Waals surface area contributed by atoms with Crippen LogP contribution in [0.4, 0.5) is 5.69 Å². The Hall–Kier alpha value is -3.08. The normalized spacial score (nSPS) is 16.9. The first-order valence-corrected chi connectivity index (χ1v) is 9.05. The van der Waals surface area contributed by atoms with Crippen molar-refractivity contribution >= 4 is 22.8 Å². The van der Waals surface area contributed by atoms with Crippen LogP contribution in [0, 0.1) is 0 Å². The first-order chi connectivity index (χ1) is 13.1. The lowest BCUT2D eigenvalue weighted by Crippen LogP contribution is -2.37. The maximum absolute atomic E-state index is 5.54. The largest absolute Gasteiger partial charge is 0.493 e. The molecule has 3 aromatic rings. The zero-order valence-electron chi connectivity index (χ0n) is 16.0. The van der Waals surface area contributed by atoms with Crippen LogP contribution in [0.25, 0.3) is 10.9 Å². The Morgan fingerprint density at radius 2 is 1.81 bits per heavy atom. The van der Waals surface area contributed by atoms with Crippen molar-refractivity contribution in [2.45, 2.75) is 26.1 Å². The topological polar surface area (TPSA) is 47.0 Å². The zero-order chi connectivity index (χ0) is 19.0. The number of pyridine rings is 1. The van der Waals surface area contributed by atoms with Crippen LogP contribution < -0.4 is 14.4 Å². The second-order valence-corrected chi connectivity index (χ2v) is 6.68. The van der Waals surface area contributed by atoms with Crippen LogP contribution in [-0.2, 0) is 0 Å². The Kier molecular flexibility index (Phi) is 4.44. The first-order valence-electron chi connectivity index (χ1n) is 9.05. The van der Waals surface area contributed by atoms with Gasteiger partial charge in [0.25, 0.3) is 0 Å². The number of aliphatic imine (C=N–C) groups is 1. The molecule has 0 aliphatic carbocycles. The van der Waals surface area contributed by atoms with Crippen LogP contribution in [0.2, 0.25) is 0 Å². The molecule has 0 N–H and O–H groups in total. The molecule has 0 saturated carbocycles. The van der Waals surface area contributed by atoms with Crippen LogP contribution >= 0.6 is 0 Å². The Morgan fingerprint density at radius 3 is 2.59 bits per heavy atom. The third-order valence-electron chi connectivity index (χ3n) is 5.19. The van der Waals surface area contributed by atoms with Crippen molar-refractivity contribution in [3.05, 3.63) is 59.8 Å². The summed E-state index contributed by atoms with van der Waals surface area (Å²) >= 11 is 0. The predicted octanol–water partition coefficient (Wildman–Crippen LogP) is 4.60. The van der Waals surface area contributed by atoms with Crippen LogP contribution in [0.5, 0.6) is 11.5 Å². The molecule has 0 saturated heterocycles. The van der Waals surface area contributed by atoms with E-state index >= 15 is 0 Å². The van der Waals surface area contributed by atoms with E-state index in [1.54, 1.807) is 14.2 Å². The second kappa shape index (κ2) is 6.91. The highest BCUT2D eigenvalue weighted by molar-refractivity contribution is 5.92. The molecule has 1 aliphatic heterocycles. The SMILES string of the molecule is COc1cc2c(cc1OC)N(C(C)c1cccc3ncccc13)C(C)N=C2. The van der Waals surface area contributed by atoms with E-state index in [9.17, 15) is 0 Å². The van der Waals surface area contributed by atoms with Crippen molar-refractivity contribution in [3.8, 4) is 11.5 Å². The van der Waals surface area contributed by atoms with Gasteiger partial charge in [-0.15, -0.1) is 0 Å². The van der Waals surface area contributed by atoms with E-state index in [1.165, 1.54) is 5.56 Å². The van der Waals surface area contributed by atoms with Gasteiger partial charge in [0, 0.05) is 29.4 Å². The van der Waals surface area contributed by atoms with E-state index in [-0.39, 0.29) is 12.2 Å². The van der Waals surface area contributed by atoms with Crippen molar-refractivity contribution in [3.63, 3.8) is 0 Å². The highest BCUT2D eigenvalue weighted by Crippen LogP contribution is 2.41. The third kappa shape index (κ3) is 2.89. The fraction of sp³-hybridized carbons (Fsp3) is 0.273. The van der Waals surface area contributed by atoms with Crippen molar-refractivity contribution in [2.24, 2.45) is 4.99 Å². The molecule has 0 spiro atoms. The number of nitrogens with zero attached hydrogens (tertiary/aromatic N) is 3. The molecule has 2 heterocycles. The van der Waals surface area contributed by atoms with Crippen LogP contribution in [0.15, 0.2) is 53.7 Å². The Labute approximate surface area is 159 Å². The molecule has 5 nitrogen and oxygen atoms in total. The highest BCUT2D eigenvalue weighted by atomic mass is 16.5. The molecule has 0 bridgehead atoms. The van der Waals surface area contributed by atoms with Gasteiger partial charge in [-0.05, 0) is 37.6 Å². The molecule has 1 aliphatic rings. The van der Waals surface area contributed by atoms with Crippen molar-refractivity contribution in [1.82, 2.24) is 4.98 Å². The number of rotatable bonds is 4. The lowest BCUT2D eigenvalue weighted by molar-refractivity contribution is 0.354. The quantitative estimate of drug-likeness (QED) is 0.681. The molecule has 1 aromatic heterocycles. The average molecular weight is 361 g/mol. The molecule has 0 amide bonds. The number of benzene rings is 2. The van der Waals surface area contributed by atoms with Gasteiger partial charge in [-0.25, -0.2) is 0 Å². The van der Waals surface area contributed by atoms with E-state index in [0.29, 0.717) is 5.75 Å². The van der Waals surface area contributed by atoms with E-state index in [0.717, 1.165) is 27.9 Å². The van der Waals surface area contributed by atoms with E-state index in [4.69, 9.17) is 14.5 Å². The van der Waals surface area contributed by atoms with Crippen molar-refractivity contribution in [1.29, 1.82) is 0 Å². The smallest absolute Gasteiger partial charge is 0.162 e. The van der Waals surface area contributed by atoms with E-state index in [2.05, 4.69) is 41.9 Å². The Morgan fingerprint density at radius 1 is 1.04 bits per heavy atom. The molecule has 4 rings (SSSR count). The molecule has 0 fully saturated rings. The molecular formula is C22H23N3O2. The van der Waals surface area contributed by atoms with Gasteiger partial charge in [0.05, 0.1) is 31.5 Å². The number of methoxy groups -OCH3 is 2. The Balaban J connectivity index is 1.85. The number of hydrogen-bond acceptors (Lipinski definition) is 5. The number of hydrogen-bond donors (Lipinski definition) is 0. The number of fused-ring (bicyclic) bond motifs is 2. The van der Waals surface area contributed by atoms with Gasteiger partial charge < -0.3 is 14.4 Å². The van der Waals surface area contributed by atoms with Gasteiger partial charge in [-0.1, -0.05) is 18.2 Å². The molecule has 5 heteroatoms. The van der Waals surface area contributed by atoms with Crippen molar-refractivity contribution < 1.29 is 9.47 Å². The molecule has 2 aromatic carbocycles. The molecule has 2 atom stereocenters. The fourth-order valence-corrected chi connectivity index (χ4v) is 3.85. The number of anilines is 1. The lowest BCUT2D eigenvalue weighted by Gasteiger charge is -2.38. The number of ether oxygens (including phenoxy) is 2. The molecular weight excluding hydrogens is 338 g/mol. The predicted molar refractivity (Wildman–Crippen MR) is 109 cm³/mol. The first kappa shape index (κ1) is 17.3. The van der Waals surface area contributed by atoms with Gasteiger partial charge >= 0.3 is 0 Å². The molecule has 0 radical (unpaired) electrons. The maximum atomic E-state index is 5.54. The second-order valence-electron chi connectivity index (χ2n) is 6.68. The molecule has 138 valence electrons. The zero-order valence-corrected chi connectivity index (χ0v) is 16.0. The van der Waals surface area contributed by atoms with Crippen LogP contribution in [0.1, 0.15) is 31.0 Å². The summed E-state index contributed by atoms with van der Waals surface area (Å²) in [5, 5.41) is 1.16. The average Bonchev–Trinajstić information content (AvgIpc) is 2.71. The minimum atomic E-state index is 0.0116. The molecule has 27 heavy (non-hydrogen) atoms. The summed E-state index contributed by atoms with van der Waals surface area (Å²) in [6.07, 6.45) is 3.75. The van der Waals surface area contributed by atoms with Crippen LogP contribution in [0.3, 0.4) is 0 Å². The van der Waals surface area contributed by atoms with Gasteiger partial charge in [0.2, 0.25) is 0 Å². The third-order valence-corrected chi connectivity index (χ3v) is 5.19. The monoisotopic (exact) mass is 361 g/mol. The lowest BCUT2D eigenvalue weighted by atomic mass is 9.98. The highest BCUT2D eigenvalue weighted by Gasteiger charge is 2.28. The van der Waals surface area contributed by atoms with E-state index < -0.39 is 0 Å². The van der Waals surface area contributed by atoms with Gasteiger partial charge in [-0.2, -0.15) is 0 Å². The van der Waals surface area contributed by atoms with E-state index in [1.807, 2.05) is 36.7 Å². The summed E-state index contributed by atoms with van der Waals surface area (Å²) in [5.74, 6) is 1.43. The number of aromatic nitrogens is 1. The summed E-state index contributed by atoms with van der Waals surface area (Å²) in [6, 6.07) is 14.5. The summed E-state index contributed by atoms with van der Waals surface area (Å²) in [4.78, 5) is 11.5. The maximum Gasteiger partial charge on any atom is 0.162 e. The van der Waals surface area contributed by atoms with Gasteiger partial charge in [-0.3, -0.25) is 9.98 Å².